The van der Waals surface area contributed by atoms with Crippen LogP contribution in [0.15, 0.2) is 53.4 Å². The van der Waals surface area contributed by atoms with Crippen LogP contribution < -0.4 is 15.2 Å². The number of alkyl halides is 3. The van der Waals surface area contributed by atoms with Gasteiger partial charge in [0.25, 0.3) is 10.0 Å². The van der Waals surface area contributed by atoms with Gasteiger partial charge in [-0.05, 0) is 42.0 Å². The second-order valence-electron chi connectivity index (χ2n) is 5.59. The summed E-state index contributed by atoms with van der Waals surface area (Å²) in [5, 5.41) is 6.54. The number of nitrogens with one attached hydrogen (secondary N) is 2. The minimum atomic E-state index is -5.08. The fraction of sp³-hybridized carbons (Fsp3) is 0.133. The van der Waals surface area contributed by atoms with Gasteiger partial charge in [-0.1, -0.05) is 12.1 Å². The van der Waals surface area contributed by atoms with Gasteiger partial charge in [-0.25, -0.2) is 22.0 Å². The smallest absolute Gasteiger partial charge is 0.318 e. The summed E-state index contributed by atoms with van der Waals surface area (Å²) in [6.07, 6.45) is -5.08. The second-order valence-corrected chi connectivity index (χ2v) is 8.89. The van der Waals surface area contributed by atoms with Crippen LogP contribution in [0.25, 0.3) is 0 Å². The van der Waals surface area contributed by atoms with E-state index in [4.69, 9.17) is 5.14 Å². The van der Waals surface area contributed by atoms with E-state index in [1.165, 1.54) is 24.3 Å². The van der Waals surface area contributed by atoms with Crippen molar-refractivity contribution in [1.82, 2.24) is 0 Å². The Hall–Kier alpha value is -2.64. The monoisotopic (exact) mass is 437 g/mol. The van der Waals surface area contributed by atoms with Gasteiger partial charge in [0.1, 0.15) is 0 Å². The van der Waals surface area contributed by atoms with Crippen LogP contribution >= 0.6 is 0 Å². The lowest BCUT2D eigenvalue weighted by molar-refractivity contribution is -0.167. The van der Waals surface area contributed by atoms with Gasteiger partial charge in [-0.2, -0.15) is 13.2 Å². The number of carbonyl (C=O) groups is 1. The third-order valence-corrected chi connectivity index (χ3v) is 5.36. The molecule has 152 valence electrons. The van der Waals surface area contributed by atoms with E-state index in [-0.39, 0.29) is 21.8 Å². The van der Waals surface area contributed by atoms with E-state index >= 15 is 0 Å². The molecule has 2 aromatic rings. The Bertz CT molecular complexity index is 1080. The van der Waals surface area contributed by atoms with E-state index in [2.05, 4.69) is 4.72 Å². The highest BCUT2D eigenvalue weighted by Gasteiger charge is 2.38. The molecule has 0 aromatic heterocycles. The molecular weight excluding hydrogens is 423 g/mol. The summed E-state index contributed by atoms with van der Waals surface area (Å²) < 4.78 is 85.9. The first-order valence-corrected chi connectivity index (χ1v) is 10.6. The summed E-state index contributed by atoms with van der Waals surface area (Å²) in [6, 6.07) is 9.52. The molecule has 0 spiro atoms. The highest BCUT2D eigenvalue weighted by atomic mass is 32.2. The molecule has 0 aliphatic heterocycles. The van der Waals surface area contributed by atoms with Crippen LogP contribution in [0.4, 0.5) is 24.5 Å². The third-order valence-electron chi connectivity index (χ3n) is 3.23. The van der Waals surface area contributed by atoms with Crippen LogP contribution in [-0.4, -0.2) is 28.9 Å². The normalized spacial score (nSPS) is 12.4. The van der Waals surface area contributed by atoms with E-state index in [0.29, 0.717) is 0 Å². The summed E-state index contributed by atoms with van der Waals surface area (Å²) in [6.45, 7) is 0. The molecule has 0 radical (unpaired) electrons. The average Bonchev–Trinajstić information content (AvgIpc) is 2.52. The molecule has 1 amide bonds. The first-order chi connectivity index (χ1) is 12.8. The average molecular weight is 437 g/mol. The highest BCUT2D eigenvalue weighted by molar-refractivity contribution is 7.92. The number of primary sulfonamides is 1. The molecular formula is C15H14F3N3O5S2. The van der Waals surface area contributed by atoms with Gasteiger partial charge in [0.05, 0.1) is 10.6 Å². The van der Waals surface area contributed by atoms with E-state index in [1.807, 2.05) is 0 Å². The molecule has 2 rings (SSSR count). The number of hydrogen-bond donors (Lipinski definition) is 3. The van der Waals surface area contributed by atoms with Gasteiger partial charge in [-0.3, -0.25) is 9.52 Å². The standard InChI is InChI=1S/C15H14F3N3O5S2/c16-15(17,18)14(22)20-11-4-6-13(7-5-11)28(25,26)21-12-3-1-2-10(8-12)9-27(19,23)24/h1-8,21H,9H2,(H,20,22)(H2,19,23,24). The summed E-state index contributed by atoms with van der Waals surface area (Å²) in [5.41, 5.74) is 0.0833. The number of sulfonamides is 2. The minimum Gasteiger partial charge on any atom is -0.318 e. The zero-order valence-electron chi connectivity index (χ0n) is 13.9. The van der Waals surface area contributed by atoms with Crippen LogP contribution in [-0.2, 0) is 30.6 Å². The summed E-state index contributed by atoms with van der Waals surface area (Å²) in [4.78, 5) is 10.6. The summed E-state index contributed by atoms with van der Waals surface area (Å²) >= 11 is 0. The molecule has 0 bridgehead atoms. The van der Waals surface area contributed by atoms with E-state index in [9.17, 15) is 34.8 Å². The fourth-order valence-corrected chi connectivity index (χ4v) is 3.78. The lowest BCUT2D eigenvalue weighted by Gasteiger charge is -2.11. The van der Waals surface area contributed by atoms with Crippen molar-refractivity contribution < 1.29 is 34.8 Å². The van der Waals surface area contributed by atoms with Crippen molar-refractivity contribution in [2.45, 2.75) is 16.8 Å². The molecule has 4 N–H and O–H groups in total. The molecule has 2 aromatic carbocycles. The zero-order chi connectivity index (χ0) is 21.2. The number of nitrogens with two attached hydrogens (primary N) is 1. The number of benzene rings is 2. The molecule has 0 heterocycles. The van der Waals surface area contributed by atoms with Crippen LogP contribution in [0.3, 0.4) is 0 Å². The predicted molar refractivity (Wildman–Crippen MR) is 95.2 cm³/mol. The Labute approximate surface area is 158 Å². The second kappa shape index (κ2) is 7.77. The van der Waals surface area contributed by atoms with Crippen LogP contribution in [0.1, 0.15) is 5.56 Å². The van der Waals surface area contributed by atoms with Crippen LogP contribution in [0.2, 0.25) is 0 Å². The lowest BCUT2D eigenvalue weighted by atomic mass is 10.2. The lowest BCUT2D eigenvalue weighted by Crippen LogP contribution is -2.29. The van der Waals surface area contributed by atoms with Crippen molar-refractivity contribution >= 4 is 37.3 Å². The zero-order valence-corrected chi connectivity index (χ0v) is 15.5. The molecule has 28 heavy (non-hydrogen) atoms. The Kier molecular flexibility index (Phi) is 6.01. The van der Waals surface area contributed by atoms with Crippen molar-refractivity contribution in [3.8, 4) is 0 Å². The van der Waals surface area contributed by atoms with Crippen molar-refractivity contribution in [2.24, 2.45) is 5.14 Å². The molecule has 0 unspecified atom stereocenters. The quantitative estimate of drug-likeness (QED) is 0.633. The third kappa shape index (κ3) is 6.21. The van der Waals surface area contributed by atoms with Gasteiger partial charge in [0.15, 0.2) is 0 Å². The first kappa shape index (κ1) is 21.7. The molecule has 0 atom stereocenters. The van der Waals surface area contributed by atoms with Crippen molar-refractivity contribution in [1.29, 1.82) is 0 Å². The Morgan fingerprint density at radius 2 is 1.57 bits per heavy atom. The number of amides is 1. The highest BCUT2D eigenvalue weighted by Crippen LogP contribution is 2.21. The van der Waals surface area contributed by atoms with E-state index in [1.54, 1.807) is 5.32 Å². The summed E-state index contributed by atoms with van der Waals surface area (Å²) in [7, 11) is -7.92. The predicted octanol–water partition coefficient (Wildman–Crippen LogP) is 1.78. The van der Waals surface area contributed by atoms with Crippen molar-refractivity contribution in [3.05, 3.63) is 54.1 Å². The molecule has 0 saturated heterocycles. The molecule has 0 aliphatic rings. The fourth-order valence-electron chi connectivity index (χ4n) is 2.09. The minimum absolute atomic E-state index is 0.0654. The number of halogens is 3. The van der Waals surface area contributed by atoms with Crippen LogP contribution in [0, 0.1) is 0 Å². The maximum atomic E-state index is 12.4. The number of anilines is 2. The topological polar surface area (TPSA) is 135 Å². The van der Waals surface area contributed by atoms with Gasteiger partial charge in [0.2, 0.25) is 10.0 Å². The number of carbonyl (C=O) groups excluding carboxylic acids is 1. The van der Waals surface area contributed by atoms with E-state index in [0.717, 1.165) is 24.3 Å². The maximum absolute atomic E-state index is 12.4. The van der Waals surface area contributed by atoms with Gasteiger partial charge in [0, 0.05) is 11.4 Å². The van der Waals surface area contributed by atoms with Gasteiger partial charge >= 0.3 is 12.1 Å². The van der Waals surface area contributed by atoms with E-state index < -0.39 is 37.9 Å². The SMILES string of the molecule is NS(=O)(=O)Cc1cccc(NS(=O)(=O)c2ccc(NC(=O)C(F)(F)F)cc2)c1. The Morgan fingerprint density at radius 1 is 0.964 bits per heavy atom. The maximum Gasteiger partial charge on any atom is 0.471 e. The molecule has 8 nitrogen and oxygen atoms in total. The molecule has 0 saturated carbocycles. The van der Waals surface area contributed by atoms with Crippen molar-refractivity contribution in [2.75, 3.05) is 10.0 Å². The number of hydrogen-bond acceptors (Lipinski definition) is 5. The molecule has 13 heteroatoms. The van der Waals surface area contributed by atoms with Crippen LogP contribution in [0.5, 0.6) is 0 Å². The largest absolute Gasteiger partial charge is 0.471 e. The number of rotatable bonds is 6. The summed E-state index contributed by atoms with van der Waals surface area (Å²) in [5.74, 6) is -2.68. The van der Waals surface area contributed by atoms with Gasteiger partial charge in [-0.15, -0.1) is 0 Å². The molecule has 0 aliphatic carbocycles. The Morgan fingerprint density at radius 3 is 2.11 bits per heavy atom. The Balaban J connectivity index is 2.17. The van der Waals surface area contributed by atoms with Crippen molar-refractivity contribution in [3.63, 3.8) is 0 Å². The van der Waals surface area contributed by atoms with Gasteiger partial charge < -0.3 is 5.32 Å². The molecule has 0 fully saturated rings. The first-order valence-electron chi connectivity index (χ1n) is 7.37.